The molecule has 0 saturated carbocycles. The van der Waals surface area contributed by atoms with E-state index in [-0.39, 0.29) is 17.5 Å². The molecule has 0 atom stereocenters. The number of anilines is 1. The molecule has 8 heteroatoms. The maximum absolute atomic E-state index is 10.8. The van der Waals surface area contributed by atoms with Crippen LogP contribution in [0.15, 0.2) is 30.7 Å². The van der Waals surface area contributed by atoms with Crippen molar-refractivity contribution in [2.45, 2.75) is 0 Å². The quantitative estimate of drug-likeness (QED) is 0.646. The Kier molecular flexibility index (Phi) is 3.28. The molecule has 0 aliphatic carbocycles. The zero-order valence-electron chi connectivity index (χ0n) is 9.40. The number of pyridine rings is 1. The Labute approximate surface area is 102 Å². The molecule has 2 aromatic heterocycles. The van der Waals surface area contributed by atoms with Crippen LogP contribution in [0.2, 0.25) is 0 Å². The first-order valence-electron chi connectivity index (χ1n) is 4.98. The van der Waals surface area contributed by atoms with Gasteiger partial charge in [0.1, 0.15) is 11.9 Å². The second-order valence-corrected chi connectivity index (χ2v) is 3.18. The molecule has 0 radical (unpaired) electrons. The molecule has 18 heavy (non-hydrogen) atoms. The van der Waals surface area contributed by atoms with Crippen LogP contribution in [-0.2, 0) is 0 Å². The summed E-state index contributed by atoms with van der Waals surface area (Å²) in [6, 6.07) is 3.28. The molecule has 0 bridgehead atoms. The predicted octanol–water partition coefficient (Wildman–Crippen LogP) is 1.61. The molecule has 2 aromatic rings. The molecule has 8 nitrogen and oxygen atoms in total. The average Bonchev–Trinajstić information content (AvgIpc) is 2.39. The molecular formula is C10H9N5O3. The van der Waals surface area contributed by atoms with E-state index in [9.17, 15) is 10.1 Å². The lowest BCUT2D eigenvalue weighted by Crippen LogP contribution is -2.02. The number of nitro groups is 1. The number of hydrogen-bond donors (Lipinski definition) is 1. The normalized spacial score (nSPS) is 9.83. The summed E-state index contributed by atoms with van der Waals surface area (Å²) in [7, 11) is 1.61. The van der Waals surface area contributed by atoms with Gasteiger partial charge < -0.3 is 10.1 Å². The van der Waals surface area contributed by atoms with Crippen molar-refractivity contribution in [2.24, 2.45) is 0 Å². The molecule has 2 heterocycles. The summed E-state index contributed by atoms with van der Waals surface area (Å²) in [4.78, 5) is 21.7. The fourth-order valence-electron chi connectivity index (χ4n) is 1.20. The van der Waals surface area contributed by atoms with Gasteiger partial charge in [-0.05, 0) is 12.1 Å². The lowest BCUT2D eigenvalue weighted by molar-refractivity contribution is -0.386. The summed E-state index contributed by atoms with van der Waals surface area (Å²) in [5.74, 6) is 0.466. The third-order valence-electron chi connectivity index (χ3n) is 2.00. The van der Waals surface area contributed by atoms with E-state index < -0.39 is 4.92 Å². The van der Waals surface area contributed by atoms with Crippen molar-refractivity contribution in [1.29, 1.82) is 0 Å². The fourth-order valence-corrected chi connectivity index (χ4v) is 1.20. The summed E-state index contributed by atoms with van der Waals surface area (Å²) in [6.45, 7) is 0. The first-order valence-corrected chi connectivity index (χ1v) is 4.98. The van der Waals surface area contributed by atoms with Gasteiger partial charge in [-0.3, -0.25) is 15.1 Å². The van der Waals surface area contributed by atoms with Crippen LogP contribution in [0.5, 0.6) is 11.6 Å². The van der Waals surface area contributed by atoms with Crippen LogP contribution in [0, 0.1) is 10.1 Å². The Morgan fingerprint density at radius 2 is 2.28 bits per heavy atom. The van der Waals surface area contributed by atoms with Crippen LogP contribution in [0.3, 0.4) is 0 Å². The third-order valence-corrected chi connectivity index (χ3v) is 2.00. The van der Waals surface area contributed by atoms with E-state index >= 15 is 0 Å². The topological polar surface area (TPSA) is 103 Å². The van der Waals surface area contributed by atoms with E-state index in [0.717, 1.165) is 6.20 Å². The van der Waals surface area contributed by atoms with Crippen LogP contribution in [0.4, 0.5) is 11.6 Å². The number of aromatic nitrogens is 3. The van der Waals surface area contributed by atoms with Gasteiger partial charge in [-0.25, -0.2) is 4.98 Å². The van der Waals surface area contributed by atoms with Crippen LogP contribution in [0.1, 0.15) is 0 Å². The highest BCUT2D eigenvalue weighted by atomic mass is 16.6. The van der Waals surface area contributed by atoms with Crippen molar-refractivity contribution in [3.8, 4) is 11.6 Å². The van der Waals surface area contributed by atoms with Gasteiger partial charge in [0.25, 0.3) is 0 Å². The van der Waals surface area contributed by atoms with E-state index in [1.165, 1.54) is 6.20 Å². The molecule has 92 valence electrons. The lowest BCUT2D eigenvalue weighted by Gasteiger charge is -2.05. The minimum absolute atomic E-state index is 0.132. The highest BCUT2D eigenvalue weighted by Gasteiger charge is 2.19. The SMILES string of the molecule is CNc1ncc([N+](=O)[O-])c(Oc2cccnc2)n1. The number of nitrogens with one attached hydrogen (secondary N) is 1. The van der Waals surface area contributed by atoms with E-state index in [0.29, 0.717) is 5.75 Å². The summed E-state index contributed by atoms with van der Waals surface area (Å²) in [6.07, 6.45) is 4.09. The molecular weight excluding hydrogens is 238 g/mol. The summed E-state index contributed by atoms with van der Waals surface area (Å²) < 4.78 is 5.32. The zero-order valence-corrected chi connectivity index (χ0v) is 9.40. The van der Waals surface area contributed by atoms with Gasteiger partial charge in [-0.2, -0.15) is 4.98 Å². The van der Waals surface area contributed by atoms with Gasteiger partial charge in [-0.1, -0.05) is 0 Å². The third kappa shape index (κ3) is 2.48. The maximum atomic E-state index is 10.8. The Morgan fingerprint density at radius 3 is 2.89 bits per heavy atom. The Bertz CT molecular complexity index is 561. The second kappa shape index (κ2) is 5.04. The molecule has 0 fully saturated rings. The van der Waals surface area contributed by atoms with Crippen LogP contribution in [-0.4, -0.2) is 26.9 Å². The molecule has 0 spiro atoms. The standard InChI is InChI=1S/C10H9N5O3/c1-11-10-13-6-8(15(16)17)9(14-10)18-7-3-2-4-12-5-7/h2-6H,1H3,(H,11,13,14). The molecule has 0 amide bonds. The Balaban J connectivity index is 2.38. The number of hydrogen-bond acceptors (Lipinski definition) is 7. The van der Waals surface area contributed by atoms with Gasteiger partial charge in [0.05, 0.1) is 11.1 Å². The smallest absolute Gasteiger partial charge is 0.349 e. The number of rotatable bonds is 4. The van der Waals surface area contributed by atoms with Crippen LogP contribution in [0.25, 0.3) is 0 Å². The van der Waals surface area contributed by atoms with Crippen molar-refractivity contribution >= 4 is 11.6 Å². The number of nitrogens with zero attached hydrogens (tertiary/aromatic N) is 4. The second-order valence-electron chi connectivity index (χ2n) is 3.18. The molecule has 0 saturated heterocycles. The first-order chi connectivity index (χ1) is 8.70. The van der Waals surface area contributed by atoms with Crippen LogP contribution >= 0.6 is 0 Å². The first kappa shape index (κ1) is 11.7. The van der Waals surface area contributed by atoms with Gasteiger partial charge in [-0.15, -0.1) is 0 Å². The van der Waals surface area contributed by atoms with E-state index in [1.54, 1.807) is 25.4 Å². The van der Waals surface area contributed by atoms with Crippen molar-refractivity contribution in [3.05, 3.63) is 40.8 Å². The Morgan fingerprint density at radius 1 is 1.44 bits per heavy atom. The van der Waals surface area contributed by atoms with Gasteiger partial charge >= 0.3 is 11.6 Å². The van der Waals surface area contributed by atoms with Crippen molar-refractivity contribution in [3.63, 3.8) is 0 Å². The van der Waals surface area contributed by atoms with Crippen molar-refractivity contribution < 1.29 is 9.66 Å². The van der Waals surface area contributed by atoms with E-state index in [1.807, 2.05) is 0 Å². The minimum Gasteiger partial charge on any atom is -0.432 e. The zero-order chi connectivity index (χ0) is 13.0. The highest BCUT2D eigenvalue weighted by molar-refractivity contribution is 5.44. The molecule has 0 unspecified atom stereocenters. The molecule has 0 aliphatic heterocycles. The summed E-state index contributed by atoms with van der Waals surface area (Å²) in [5, 5.41) is 13.5. The minimum atomic E-state index is -0.606. The fraction of sp³-hybridized carbons (Fsp3) is 0.100. The Hall–Kier alpha value is -2.77. The van der Waals surface area contributed by atoms with Gasteiger partial charge in [0.2, 0.25) is 5.95 Å². The van der Waals surface area contributed by atoms with Crippen LogP contribution < -0.4 is 10.1 Å². The average molecular weight is 247 g/mol. The lowest BCUT2D eigenvalue weighted by atomic mass is 10.4. The molecule has 2 rings (SSSR count). The number of ether oxygens (including phenoxy) is 1. The van der Waals surface area contributed by atoms with Gasteiger partial charge in [0, 0.05) is 13.2 Å². The summed E-state index contributed by atoms with van der Waals surface area (Å²) >= 11 is 0. The predicted molar refractivity (Wildman–Crippen MR) is 62.5 cm³/mol. The van der Waals surface area contributed by atoms with Crippen molar-refractivity contribution in [2.75, 3.05) is 12.4 Å². The van der Waals surface area contributed by atoms with E-state index in [4.69, 9.17) is 4.74 Å². The molecule has 0 aliphatic rings. The van der Waals surface area contributed by atoms with Gasteiger partial charge in [0.15, 0.2) is 0 Å². The maximum Gasteiger partial charge on any atom is 0.349 e. The highest BCUT2D eigenvalue weighted by Crippen LogP contribution is 2.28. The van der Waals surface area contributed by atoms with E-state index in [2.05, 4.69) is 20.3 Å². The summed E-state index contributed by atoms with van der Waals surface area (Å²) in [5.41, 5.74) is -0.308. The molecule has 1 N–H and O–H groups in total. The van der Waals surface area contributed by atoms with Crippen molar-refractivity contribution in [1.82, 2.24) is 15.0 Å². The molecule has 0 aromatic carbocycles. The largest absolute Gasteiger partial charge is 0.432 e. The monoisotopic (exact) mass is 247 g/mol.